The van der Waals surface area contributed by atoms with Gasteiger partial charge in [-0.2, -0.15) is 0 Å². The number of benzene rings is 1. The molecule has 0 heterocycles. The van der Waals surface area contributed by atoms with Crippen LogP contribution in [-0.2, 0) is 9.53 Å². The van der Waals surface area contributed by atoms with Crippen molar-refractivity contribution in [3.8, 4) is 0 Å². The molecular formula is C16H24O2. The highest BCUT2D eigenvalue weighted by Gasteiger charge is 2.17. The Labute approximate surface area is 110 Å². The standard InChI is InChI=1S/C16H24O2/c1-6-15(11(2)3)14-9-7-13(8-10-14)12(4)16(17)18-5/h7-12,15H,6H2,1-5H3. The molecular weight excluding hydrogens is 224 g/mol. The molecule has 0 aliphatic rings. The van der Waals surface area contributed by atoms with E-state index >= 15 is 0 Å². The van der Waals surface area contributed by atoms with Gasteiger partial charge in [-0.1, -0.05) is 45.0 Å². The largest absolute Gasteiger partial charge is 0.469 e. The minimum Gasteiger partial charge on any atom is -0.469 e. The van der Waals surface area contributed by atoms with Crippen molar-refractivity contribution in [3.05, 3.63) is 35.4 Å². The molecule has 2 heteroatoms. The van der Waals surface area contributed by atoms with E-state index in [-0.39, 0.29) is 11.9 Å². The summed E-state index contributed by atoms with van der Waals surface area (Å²) in [5.74, 6) is 0.855. The molecule has 2 atom stereocenters. The fourth-order valence-corrected chi connectivity index (χ4v) is 2.44. The zero-order chi connectivity index (χ0) is 13.7. The fourth-order valence-electron chi connectivity index (χ4n) is 2.44. The molecule has 0 saturated heterocycles. The number of carbonyl (C=O) groups excluding carboxylic acids is 1. The smallest absolute Gasteiger partial charge is 0.312 e. The Hall–Kier alpha value is -1.31. The van der Waals surface area contributed by atoms with Crippen LogP contribution in [-0.4, -0.2) is 13.1 Å². The molecule has 18 heavy (non-hydrogen) atoms. The Bertz CT molecular complexity index is 379. The van der Waals surface area contributed by atoms with Gasteiger partial charge in [0.1, 0.15) is 0 Å². The lowest BCUT2D eigenvalue weighted by Gasteiger charge is -2.20. The molecule has 2 nitrogen and oxygen atoms in total. The Kier molecular flexibility index (Phi) is 5.39. The monoisotopic (exact) mass is 248 g/mol. The molecule has 0 aliphatic carbocycles. The van der Waals surface area contributed by atoms with Crippen molar-refractivity contribution >= 4 is 5.97 Å². The van der Waals surface area contributed by atoms with Crippen LogP contribution in [0.15, 0.2) is 24.3 Å². The first-order valence-corrected chi connectivity index (χ1v) is 6.68. The first kappa shape index (κ1) is 14.7. The van der Waals surface area contributed by atoms with Gasteiger partial charge in [0.2, 0.25) is 0 Å². The Morgan fingerprint density at radius 2 is 1.61 bits per heavy atom. The van der Waals surface area contributed by atoms with Gasteiger partial charge in [0.25, 0.3) is 0 Å². The summed E-state index contributed by atoms with van der Waals surface area (Å²) >= 11 is 0. The zero-order valence-corrected chi connectivity index (χ0v) is 12.1. The number of esters is 1. The van der Waals surface area contributed by atoms with Crippen LogP contribution in [0.2, 0.25) is 0 Å². The minimum atomic E-state index is -0.192. The zero-order valence-electron chi connectivity index (χ0n) is 12.1. The van der Waals surface area contributed by atoms with Crippen molar-refractivity contribution in [3.63, 3.8) is 0 Å². The first-order valence-electron chi connectivity index (χ1n) is 6.68. The van der Waals surface area contributed by atoms with E-state index in [9.17, 15) is 4.79 Å². The quantitative estimate of drug-likeness (QED) is 0.733. The lowest BCUT2D eigenvalue weighted by atomic mass is 9.85. The maximum absolute atomic E-state index is 11.5. The van der Waals surface area contributed by atoms with Crippen molar-refractivity contribution in [2.45, 2.75) is 46.0 Å². The van der Waals surface area contributed by atoms with Crippen molar-refractivity contribution in [1.82, 2.24) is 0 Å². The molecule has 0 spiro atoms. The fraction of sp³-hybridized carbons (Fsp3) is 0.562. The maximum atomic E-state index is 11.5. The number of rotatable bonds is 5. The third-order valence-electron chi connectivity index (χ3n) is 3.66. The van der Waals surface area contributed by atoms with Gasteiger partial charge < -0.3 is 4.74 Å². The first-order chi connectivity index (χ1) is 8.51. The van der Waals surface area contributed by atoms with E-state index in [2.05, 4.69) is 32.9 Å². The molecule has 0 aliphatic heterocycles. The van der Waals surface area contributed by atoms with E-state index in [0.717, 1.165) is 12.0 Å². The van der Waals surface area contributed by atoms with E-state index in [1.165, 1.54) is 12.7 Å². The summed E-state index contributed by atoms with van der Waals surface area (Å²) in [6.45, 7) is 8.59. The van der Waals surface area contributed by atoms with Crippen LogP contribution >= 0.6 is 0 Å². The third-order valence-corrected chi connectivity index (χ3v) is 3.66. The molecule has 2 unspecified atom stereocenters. The van der Waals surface area contributed by atoms with Crippen molar-refractivity contribution in [1.29, 1.82) is 0 Å². The van der Waals surface area contributed by atoms with Crippen LogP contribution in [0, 0.1) is 5.92 Å². The van der Waals surface area contributed by atoms with Crippen LogP contribution in [0.3, 0.4) is 0 Å². The highest BCUT2D eigenvalue weighted by atomic mass is 16.5. The maximum Gasteiger partial charge on any atom is 0.312 e. The highest BCUT2D eigenvalue weighted by Crippen LogP contribution is 2.28. The van der Waals surface area contributed by atoms with E-state index in [1.54, 1.807) is 0 Å². The SMILES string of the molecule is CCC(c1ccc(C(C)C(=O)OC)cc1)C(C)C. The van der Waals surface area contributed by atoms with Gasteiger partial charge in [-0.3, -0.25) is 4.79 Å². The Balaban J connectivity index is 2.88. The summed E-state index contributed by atoms with van der Waals surface area (Å²) in [7, 11) is 1.43. The second-order valence-electron chi connectivity index (χ2n) is 5.17. The molecule has 0 saturated carbocycles. The second kappa shape index (κ2) is 6.58. The van der Waals surface area contributed by atoms with Crippen LogP contribution in [0.4, 0.5) is 0 Å². The number of ether oxygens (including phenoxy) is 1. The third kappa shape index (κ3) is 3.34. The molecule has 0 fully saturated rings. The van der Waals surface area contributed by atoms with E-state index in [0.29, 0.717) is 11.8 Å². The Morgan fingerprint density at radius 3 is 2.00 bits per heavy atom. The summed E-state index contributed by atoms with van der Waals surface area (Å²) in [4.78, 5) is 11.5. The number of hydrogen-bond acceptors (Lipinski definition) is 2. The second-order valence-corrected chi connectivity index (χ2v) is 5.17. The lowest BCUT2D eigenvalue weighted by Crippen LogP contribution is -2.11. The van der Waals surface area contributed by atoms with Gasteiger partial charge in [0.15, 0.2) is 0 Å². The van der Waals surface area contributed by atoms with Crippen LogP contribution < -0.4 is 0 Å². The molecule has 1 rings (SSSR count). The summed E-state index contributed by atoms with van der Waals surface area (Å²) in [6, 6.07) is 8.37. The minimum absolute atomic E-state index is 0.182. The normalized spacial score (nSPS) is 14.3. The Morgan fingerprint density at radius 1 is 1.11 bits per heavy atom. The summed E-state index contributed by atoms with van der Waals surface area (Å²) in [5, 5.41) is 0. The molecule has 100 valence electrons. The number of carbonyl (C=O) groups is 1. The van der Waals surface area contributed by atoms with Crippen LogP contribution in [0.5, 0.6) is 0 Å². The van der Waals surface area contributed by atoms with E-state index < -0.39 is 0 Å². The summed E-state index contributed by atoms with van der Waals surface area (Å²) in [6.07, 6.45) is 1.14. The van der Waals surface area contributed by atoms with Crippen LogP contribution in [0.1, 0.15) is 57.1 Å². The number of methoxy groups -OCH3 is 1. The highest BCUT2D eigenvalue weighted by molar-refractivity contribution is 5.77. The van der Waals surface area contributed by atoms with E-state index in [4.69, 9.17) is 4.74 Å². The molecule has 1 aromatic rings. The summed E-state index contributed by atoms with van der Waals surface area (Å²) in [5.41, 5.74) is 2.37. The molecule has 0 radical (unpaired) electrons. The van der Waals surface area contributed by atoms with Crippen molar-refractivity contribution in [2.24, 2.45) is 5.92 Å². The molecule has 1 aromatic carbocycles. The van der Waals surface area contributed by atoms with Gasteiger partial charge in [-0.25, -0.2) is 0 Å². The summed E-state index contributed by atoms with van der Waals surface area (Å²) < 4.78 is 4.76. The lowest BCUT2D eigenvalue weighted by molar-refractivity contribution is -0.141. The van der Waals surface area contributed by atoms with Crippen molar-refractivity contribution in [2.75, 3.05) is 7.11 Å². The molecule has 0 aromatic heterocycles. The van der Waals surface area contributed by atoms with E-state index in [1.807, 2.05) is 19.1 Å². The molecule has 0 amide bonds. The average molecular weight is 248 g/mol. The van der Waals surface area contributed by atoms with Crippen molar-refractivity contribution < 1.29 is 9.53 Å². The number of hydrogen-bond donors (Lipinski definition) is 0. The topological polar surface area (TPSA) is 26.3 Å². The predicted molar refractivity (Wildman–Crippen MR) is 74.7 cm³/mol. The van der Waals surface area contributed by atoms with Gasteiger partial charge in [-0.05, 0) is 36.3 Å². The van der Waals surface area contributed by atoms with Gasteiger partial charge >= 0.3 is 5.97 Å². The van der Waals surface area contributed by atoms with Gasteiger partial charge in [0.05, 0.1) is 13.0 Å². The molecule has 0 N–H and O–H groups in total. The van der Waals surface area contributed by atoms with Gasteiger partial charge in [-0.15, -0.1) is 0 Å². The molecule has 0 bridgehead atoms. The van der Waals surface area contributed by atoms with Crippen LogP contribution in [0.25, 0.3) is 0 Å². The predicted octanol–water partition coefficient (Wildman–Crippen LogP) is 4.11. The van der Waals surface area contributed by atoms with Gasteiger partial charge in [0, 0.05) is 0 Å². The average Bonchev–Trinajstić information content (AvgIpc) is 2.38.